The normalized spacial score (nSPS) is 12.9. The van der Waals surface area contributed by atoms with E-state index in [1.54, 1.807) is 34.6 Å². The number of rotatable bonds is 4. The van der Waals surface area contributed by atoms with Crippen LogP contribution < -0.4 is 0 Å². The van der Waals surface area contributed by atoms with Gasteiger partial charge in [0, 0.05) is 0 Å². The minimum absolute atomic E-state index is 0.0571. The lowest BCUT2D eigenvalue weighted by Gasteiger charge is -2.14. The van der Waals surface area contributed by atoms with Crippen LogP contribution in [0.5, 0.6) is 0 Å². The minimum atomic E-state index is -1.73. The van der Waals surface area contributed by atoms with E-state index in [2.05, 4.69) is 0 Å². The van der Waals surface area contributed by atoms with E-state index in [0.717, 1.165) is 0 Å². The highest BCUT2D eigenvalue weighted by atomic mass is 31.1. The summed E-state index contributed by atoms with van der Waals surface area (Å²) >= 11 is 0. The Labute approximate surface area is 85.8 Å². The number of esters is 1. The van der Waals surface area contributed by atoms with Gasteiger partial charge in [0.05, 0.1) is 5.41 Å². The molecule has 82 valence electrons. The smallest absolute Gasteiger partial charge is 0.433 e. The molecule has 0 saturated carbocycles. The van der Waals surface area contributed by atoms with Gasteiger partial charge in [0.1, 0.15) is 0 Å². The van der Waals surface area contributed by atoms with Crippen LogP contribution in [0.3, 0.4) is 0 Å². The standard InChI is InChI=1S/C9H18O4P/c1-7(2)14(11)13-6-12-8(10)9(3,4)5/h7H,6H2,1-5H3/q+1. The van der Waals surface area contributed by atoms with Gasteiger partial charge in [0.2, 0.25) is 6.79 Å². The molecule has 0 heterocycles. The SMILES string of the molecule is CC(C)[P+](=O)OCOC(=O)C(C)(C)C. The van der Waals surface area contributed by atoms with Gasteiger partial charge in [-0.2, -0.15) is 0 Å². The molecule has 0 aliphatic heterocycles. The zero-order chi connectivity index (χ0) is 11.4. The van der Waals surface area contributed by atoms with E-state index in [-0.39, 0.29) is 18.4 Å². The molecule has 0 aromatic heterocycles. The fourth-order valence-corrected chi connectivity index (χ4v) is 0.952. The van der Waals surface area contributed by atoms with Crippen LogP contribution in [0.25, 0.3) is 0 Å². The molecule has 1 unspecified atom stereocenters. The first kappa shape index (κ1) is 13.5. The summed E-state index contributed by atoms with van der Waals surface area (Å²) < 4.78 is 20.7. The first-order valence-corrected chi connectivity index (χ1v) is 5.76. The second kappa shape index (κ2) is 5.42. The van der Waals surface area contributed by atoms with E-state index in [9.17, 15) is 9.36 Å². The molecule has 0 bridgehead atoms. The van der Waals surface area contributed by atoms with Crippen LogP contribution in [0, 0.1) is 5.41 Å². The van der Waals surface area contributed by atoms with Crippen molar-refractivity contribution < 1.29 is 18.6 Å². The molecule has 5 heteroatoms. The van der Waals surface area contributed by atoms with Crippen LogP contribution in [0.1, 0.15) is 34.6 Å². The van der Waals surface area contributed by atoms with Crippen LogP contribution in [0.15, 0.2) is 0 Å². The molecule has 0 amide bonds. The van der Waals surface area contributed by atoms with Gasteiger partial charge in [0.25, 0.3) is 0 Å². The molecule has 14 heavy (non-hydrogen) atoms. The second-order valence-corrected chi connectivity index (χ2v) is 6.17. The number of carbonyl (C=O) groups excluding carboxylic acids is 1. The Hall–Kier alpha value is -0.470. The molecule has 0 fully saturated rings. The molecule has 0 saturated heterocycles. The third-order valence-electron chi connectivity index (χ3n) is 1.40. The van der Waals surface area contributed by atoms with Crippen LogP contribution in [-0.4, -0.2) is 18.4 Å². The lowest BCUT2D eigenvalue weighted by atomic mass is 9.98. The summed E-state index contributed by atoms with van der Waals surface area (Å²) in [6.07, 6.45) is 0. The molecular weight excluding hydrogens is 203 g/mol. The summed E-state index contributed by atoms with van der Waals surface area (Å²) in [6.45, 7) is 8.57. The minimum Gasteiger partial charge on any atom is -0.433 e. The highest BCUT2D eigenvalue weighted by Crippen LogP contribution is 2.28. The Balaban J connectivity index is 3.76. The average Bonchev–Trinajstić information content (AvgIpc) is 2.01. The summed E-state index contributed by atoms with van der Waals surface area (Å²) in [6, 6.07) is 0. The predicted octanol–water partition coefficient (Wildman–Crippen LogP) is 2.70. The van der Waals surface area contributed by atoms with Gasteiger partial charge in [-0.1, -0.05) is 0 Å². The maximum atomic E-state index is 11.2. The van der Waals surface area contributed by atoms with Crippen LogP contribution >= 0.6 is 8.03 Å². The molecule has 0 N–H and O–H groups in total. The van der Waals surface area contributed by atoms with Crippen molar-refractivity contribution in [3.8, 4) is 0 Å². The van der Waals surface area contributed by atoms with Gasteiger partial charge in [0.15, 0.2) is 5.66 Å². The third kappa shape index (κ3) is 5.30. The quantitative estimate of drug-likeness (QED) is 0.416. The number of carbonyl (C=O) groups is 1. The van der Waals surface area contributed by atoms with Crippen molar-refractivity contribution in [2.45, 2.75) is 40.3 Å². The van der Waals surface area contributed by atoms with E-state index in [0.29, 0.717) is 0 Å². The Kier molecular flexibility index (Phi) is 5.24. The molecule has 0 aliphatic carbocycles. The Bertz CT molecular complexity index is 217. The summed E-state index contributed by atoms with van der Waals surface area (Å²) in [5.74, 6) is -0.357. The lowest BCUT2D eigenvalue weighted by molar-refractivity contribution is -0.159. The highest BCUT2D eigenvalue weighted by Gasteiger charge is 2.27. The zero-order valence-electron chi connectivity index (χ0n) is 9.36. The fraction of sp³-hybridized carbons (Fsp3) is 0.889. The van der Waals surface area contributed by atoms with E-state index in [1.807, 2.05) is 0 Å². The fourth-order valence-electron chi connectivity index (χ4n) is 0.497. The Morgan fingerprint density at radius 3 is 2.21 bits per heavy atom. The first-order valence-electron chi connectivity index (χ1n) is 4.51. The van der Waals surface area contributed by atoms with Crippen molar-refractivity contribution in [3.05, 3.63) is 0 Å². The predicted molar refractivity (Wildman–Crippen MR) is 54.2 cm³/mol. The van der Waals surface area contributed by atoms with Gasteiger partial charge < -0.3 is 4.74 Å². The number of ether oxygens (including phenoxy) is 1. The molecule has 0 aromatic carbocycles. The first-order chi connectivity index (χ1) is 6.25. The number of hydrogen-bond donors (Lipinski definition) is 0. The summed E-state index contributed by atoms with van der Waals surface area (Å²) in [5, 5.41) is 0. The van der Waals surface area contributed by atoms with Crippen molar-refractivity contribution in [2.24, 2.45) is 5.41 Å². The summed E-state index contributed by atoms with van der Waals surface area (Å²) in [4.78, 5) is 11.2. The summed E-state index contributed by atoms with van der Waals surface area (Å²) in [5.41, 5.74) is -0.606. The molecule has 4 nitrogen and oxygen atoms in total. The van der Waals surface area contributed by atoms with E-state index >= 15 is 0 Å². The van der Waals surface area contributed by atoms with Gasteiger partial charge in [-0.25, -0.2) is 0 Å². The molecule has 0 radical (unpaired) electrons. The molecule has 0 spiro atoms. The average molecular weight is 221 g/mol. The van der Waals surface area contributed by atoms with Crippen molar-refractivity contribution in [2.75, 3.05) is 6.79 Å². The molecule has 0 rings (SSSR count). The van der Waals surface area contributed by atoms with Gasteiger partial charge in [-0.3, -0.25) is 4.79 Å². The molecule has 0 aromatic rings. The van der Waals surface area contributed by atoms with Gasteiger partial charge in [-0.05, 0) is 39.2 Å². The largest absolute Gasteiger partial charge is 0.514 e. The maximum Gasteiger partial charge on any atom is 0.514 e. The zero-order valence-corrected chi connectivity index (χ0v) is 10.3. The third-order valence-corrected chi connectivity index (χ3v) is 2.61. The van der Waals surface area contributed by atoms with E-state index in [1.165, 1.54) is 0 Å². The van der Waals surface area contributed by atoms with Crippen LogP contribution in [0.2, 0.25) is 0 Å². The highest BCUT2D eigenvalue weighted by molar-refractivity contribution is 7.39. The van der Waals surface area contributed by atoms with Crippen molar-refractivity contribution in [1.29, 1.82) is 0 Å². The lowest BCUT2D eigenvalue weighted by Crippen LogP contribution is -2.23. The Morgan fingerprint density at radius 1 is 1.36 bits per heavy atom. The van der Waals surface area contributed by atoms with Crippen LogP contribution in [0.4, 0.5) is 0 Å². The van der Waals surface area contributed by atoms with Crippen molar-refractivity contribution >= 4 is 14.0 Å². The van der Waals surface area contributed by atoms with Gasteiger partial charge in [-0.15, -0.1) is 4.52 Å². The van der Waals surface area contributed by atoms with Crippen molar-refractivity contribution in [3.63, 3.8) is 0 Å². The summed E-state index contributed by atoms with van der Waals surface area (Å²) in [7, 11) is -1.73. The molecule has 1 atom stereocenters. The molecular formula is C9H18O4P+. The van der Waals surface area contributed by atoms with Gasteiger partial charge >= 0.3 is 14.0 Å². The molecule has 0 aliphatic rings. The monoisotopic (exact) mass is 221 g/mol. The number of hydrogen-bond acceptors (Lipinski definition) is 4. The van der Waals surface area contributed by atoms with Crippen molar-refractivity contribution in [1.82, 2.24) is 0 Å². The van der Waals surface area contributed by atoms with E-state index in [4.69, 9.17) is 9.26 Å². The maximum absolute atomic E-state index is 11.2. The van der Waals surface area contributed by atoms with Crippen LogP contribution in [-0.2, 0) is 18.6 Å². The van der Waals surface area contributed by atoms with E-state index < -0.39 is 13.4 Å². The topological polar surface area (TPSA) is 52.6 Å². The second-order valence-electron chi connectivity index (χ2n) is 4.31. The Morgan fingerprint density at radius 2 is 1.86 bits per heavy atom.